The molecule has 2 aromatic carbocycles. The lowest BCUT2D eigenvalue weighted by atomic mass is 10.0. The van der Waals surface area contributed by atoms with Gasteiger partial charge in [0.15, 0.2) is 0 Å². The van der Waals surface area contributed by atoms with Gasteiger partial charge in [-0.25, -0.2) is 0 Å². The lowest BCUT2D eigenvalue weighted by Gasteiger charge is -2.32. The van der Waals surface area contributed by atoms with Crippen molar-refractivity contribution in [1.82, 2.24) is 0 Å². The molecule has 0 saturated carbocycles. The van der Waals surface area contributed by atoms with Gasteiger partial charge in [0, 0.05) is 29.7 Å². The molecule has 1 fully saturated rings. The molecule has 2 aromatic rings. The maximum absolute atomic E-state index is 5.89. The normalized spacial score (nSPS) is 22.6. The van der Waals surface area contributed by atoms with Crippen LogP contribution in [-0.4, -0.2) is 12.1 Å². The Balaban J connectivity index is 2.17. The Hall–Kier alpha value is -1.54. The molecule has 1 saturated heterocycles. The van der Waals surface area contributed by atoms with E-state index in [2.05, 4.69) is 55.1 Å². The fraction of sp³-hybridized carbons (Fsp3) is 0.444. The number of benzene rings is 2. The molecule has 0 amide bonds. The van der Waals surface area contributed by atoms with E-state index in [-0.39, 0.29) is 0 Å². The van der Waals surface area contributed by atoms with E-state index in [9.17, 15) is 0 Å². The topological polar surface area (TPSA) is 29.3 Å². The van der Waals surface area contributed by atoms with Gasteiger partial charge in [-0.05, 0) is 43.2 Å². The van der Waals surface area contributed by atoms with Gasteiger partial charge >= 0.3 is 0 Å². The standard InChI is InChI=1S/C18H24N2/c1-3-15-10-8-13(2)20(15)18-11-9-14(12-19)16-6-4-5-7-17(16)18/h4-7,9,11,13,15H,3,8,10,12,19H2,1-2H3. The maximum Gasteiger partial charge on any atom is 0.0451 e. The summed E-state index contributed by atoms with van der Waals surface area (Å²) in [5.74, 6) is 0. The van der Waals surface area contributed by atoms with Crippen molar-refractivity contribution in [2.45, 2.75) is 51.7 Å². The molecule has 2 nitrogen and oxygen atoms in total. The monoisotopic (exact) mass is 268 g/mol. The zero-order valence-corrected chi connectivity index (χ0v) is 12.5. The van der Waals surface area contributed by atoms with Gasteiger partial charge in [-0.3, -0.25) is 0 Å². The lowest BCUT2D eigenvalue weighted by molar-refractivity contribution is 0.630. The van der Waals surface area contributed by atoms with Crippen LogP contribution in [0.2, 0.25) is 0 Å². The van der Waals surface area contributed by atoms with Crippen LogP contribution in [0.15, 0.2) is 36.4 Å². The summed E-state index contributed by atoms with van der Waals surface area (Å²) in [7, 11) is 0. The summed E-state index contributed by atoms with van der Waals surface area (Å²) >= 11 is 0. The molecule has 0 aliphatic carbocycles. The highest BCUT2D eigenvalue weighted by Crippen LogP contribution is 2.37. The molecule has 3 rings (SSSR count). The van der Waals surface area contributed by atoms with Gasteiger partial charge in [0.2, 0.25) is 0 Å². The SMILES string of the molecule is CCC1CCC(C)N1c1ccc(CN)c2ccccc12. The van der Waals surface area contributed by atoms with E-state index in [4.69, 9.17) is 5.73 Å². The Kier molecular flexibility index (Phi) is 3.66. The van der Waals surface area contributed by atoms with E-state index < -0.39 is 0 Å². The predicted octanol–water partition coefficient (Wildman–Crippen LogP) is 4.07. The van der Waals surface area contributed by atoms with Crippen molar-refractivity contribution in [3.63, 3.8) is 0 Å². The van der Waals surface area contributed by atoms with Gasteiger partial charge < -0.3 is 10.6 Å². The molecule has 2 N–H and O–H groups in total. The van der Waals surface area contributed by atoms with Crippen LogP contribution in [0.3, 0.4) is 0 Å². The summed E-state index contributed by atoms with van der Waals surface area (Å²) < 4.78 is 0. The second-order valence-electron chi connectivity index (χ2n) is 5.89. The highest BCUT2D eigenvalue weighted by atomic mass is 15.2. The van der Waals surface area contributed by atoms with Gasteiger partial charge in [0.05, 0.1) is 0 Å². The Labute approximate surface area is 121 Å². The van der Waals surface area contributed by atoms with Crippen LogP contribution in [0.5, 0.6) is 0 Å². The van der Waals surface area contributed by atoms with Gasteiger partial charge in [0.25, 0.3) is 0 Å². The Bertz CT molecular complexity index is 605. The molecule has 2 atom stereocenters. The smallest absolute Gasteiger partial charge is 0.0451 e. The Morgan fingerprint density at radius 3 is 2.55 bits per heavy atom. The van der Waals surface area contributed by atoms with E-state index in [1.807, 2.05) is 0 Å². The molecule has 1 aliphatic heterocycles. The molecule has 20 heavy (non-hydrogen) atoms. The molecule has 106 valence electrons. The van der Waals surface area contributed by atoms with Gasteiger partial charge in [-0.1, -0.05) is 37.3 Å². The van der Waals surface area contributed by atoms with Gasteiger partial charge in [-0.15, -0.1) is 0 Å². The van der Waals surface area contributed by atoms with Crippen LogP contribution in [0, 0.1) is 0 Å². The van der Waals surface area contributed by atoms with E-state index in [1.54, 1.807) is 0 Å². The summed E-state index contributed by atoms with van der Waals surface area (Å²) in [6.45, 7) is 5.25. The number of nitrogens with two attached hydrogens (primary N) is 1. The second-order valence-corrected chi connectivity index (χ2v) is 5.89. The Morgan fingerprint density at radius 1 is 1.10 bits per heavy atom. The fourth-order valence-electron chi connectivity index (χ4n) is 3.66. The summed E-state index contributed by atoms with van der Waals surface area (Å²) in [6.07, 6.45) is 3.83. The van der Waals surface area contributed by atoms with E-state index >= 15 is 0 Å². The first-order chi connectivity index (χ1) is 9.76. The van der Waals surface area contributed by atoms with Crippen LogP contribution in [0.1, 0.15) is 38.7 Å². The van der Waals surface area contributed by atoms with Crippen molar-refractivity contribution in [3.8, 4) is 0 Å². The molecule has 1 heterocycles. The molecule has 0 bridgehead atoms. The van der Waals surface area contributed by atoms with Crippen LogP contribution in [-0.2, 0) is 6.54 Å². The number of hydrogen-bond donors (Lipinski definition) is 1. The van der Waals surface area contributed by atoms with Crippen LogP contribution >= 0.6 is 0 Å². The third-order valence-electron chi connectivity index (χ3n) is 4.75. The number of hydrogen-bond acceptors (Lipinski definition) is 2. The summed E-state index contributed by atoms with van der Waals surface area (Å²) in [5.41, 5.74) is 8.51. The van der Waals surface area contributed by atoms with Gasteiger partial charge in [-0.2, -0.15) is 0 Å². The molecule has 0 aromatic heterocycles. The predicted molar refractivity (Wildman–Crippen MR) is 87.1 cm³/mol. The van der Waals surface area contributed by atoms with Crippen molar-refractivity contribution in [2.75, 3.05) is 4.90 Å². The minimum absolute atomic E-state index is 0.605. The van der Waals surface area contributed by atoms with E-state index in [1.165, 1.54) is 41.3 Å². The van der Waals surface area contributed by atoms with E-state index in [0.29, 0.717) is 18.6 Å². The first-order valence-electron chi connectivity index (χ1n) is 7.75. The molecule has 0 radical (unpaired) electrons. The summed E-state index contributed by atoms with van der Waals surface area (Å²) in [5, 5.41) is 2.66. The molecule has 2 unspecified atom stereocenters. The molecular weight excluding hydrogens is 244 g/mol. The van der Waals surface area contributed by atoms with Crippen LogP contribution in [0.25, 0.3) is 10.8 Å². The Morgan fingerprint density at radius 2 is 1.85 bits per heavy atom. The maximum atomic E-state index is 5.89. The minimum atomic E-state index is 0.605. The van der Waals surface area contributed by atoms with Crippen molar-refractivity contribution < 1.29 is 0 Å². The lowest BCUT2D eigenvalue weighted by Crippen LogP contribution is -2.34. The van der Waals surface area contributed by atoms with Crippen molar-refractivity contribution >= 4 is 16.5 Å². The molecule has 2 heteroatoms. The quantitative estimate of drug-likeness (QED) is 0.909. The molecule has 1 aliphatic rings. The van der Waals surface area contributed by atoms with Crippen molar-refractivity contribution in [1.29, 1.82) is 0 Å². The molecular formula is C18H24N2. The number of anilines is 1. The fourth-order valence-corrected chi connectivity index (χ4v) is 3.66. The first kappa shape index (κ1) is 13.4. The van der Waals surface area contributed by atoms with Crippen molar-refractivity contribution in [3.05, 3.63) is 42.0 Å². The third-order valence-corrected chi connectivity index (χ3v) is 4.75. The zero-order chi connectivity index (χ0) is 14.1. The average molecular weight is 268 g/mol. The summed E-state index contributed by atoms with van der Waals surface area (Å²) in [6, 6.07) is 14.5. The van der Waals surface area contributed by atoms with Crippen LogP contribution in [0.4, 0.5) is 5.69 Å². The largest absolute Gasteiger partial charge is 0.365 e. The number of fused-ring (bicyclic) bond motifs is 1. The second kappa shape index (κ2) is 5.45. The first-order valence-corrected chi connectivity index (χ1v) is 7.75. The third kappa shape index (κ3) is 2.08. The highest BCUT2D eigenvalue weighted by molar-refractivity contribution is 5.96. The number of rotatable bonds is 3. The van der Waals surface area contributed by atoms with Crippen molar-refractivity contribution in [2.24, 2.45) is 5.73 Å². The average Bonchev–Trinajstić information content (AvgIpc) is 2.87. The minimum Gasteiger partial charge on any atom is -0.365 e. The van der Waals surface area contributed by atoms with Gasteiger partial charge in [0.1, 0.15) is 0 Å². The van der Waals surface area contributed by atoms with E-state index in [0.717, 1.165) is 0 Å². The number of nitrogens with zero attached hydrogens (tertiary/aromatic N) is 1. The van der Waals surface area contributed by atoms with Crippen LogP contribution < -0.4 is 10.6 Å². The summed E-state index contributed by atoms with van der Waals surface area (Å²) in [4.78, 5) is 2.63. The molecule has 0 spiro atoms. The highest BCUT2D eigenvalue weighted by Gasteiger charge is 2.30. The zero-order valence-electron chi connectivity index (χ0n) is 12.5.